The first-order valence-electron chi connectivity index (χ1n) is 5.06. The summed E-state index contributed by atoms with van der Waals surface area (Å²) in [4.78, 5) is 0. The first kappa shape index (κ1) is 13.0. The van der Waals surface area contributed by atoms with Gasteiger partial charge in [0.1, 0.15) is 22.4 Å². The summed E-state index contributed by atoms with van der Waals surface area (Å²) >= 11 is 0. The van der Waals surface area contributed by atoms with Gasteiger partial charge in [0, 0.05) is 20.3 Å². The third-order valence-corrected chi connectivity index (χ3v) is 4.59. The van der Waals surface area contributed by atoms with Crippen LogP contribution in [0.3, 0.4) is 0 Å². The van der Waals surface area contributed by atoms with Gasteiger partial charge in [-0.1, -0.05) is 0 Å². The van der Waals surface area contributed by atoms with Gasteiger partial charge in [0.05, 0.1) is 18.8 Å². The summed E-state index contributed by atoms with van der Waals surface area (Å²) in [6.45, 7) is 0. The molecule has 0 fully saturated rings. The first-order chi connectivity index (χ1) is 8.57. The zero-order chi connectivity index (χ0) is 13.3. The molecule has 0 saturated heterocycles. The lowest BCUT2D eigenvalue weighted by atomic mass is 10.2. The van der Waals surface area contributed by atoms with Gasteiger partial charge in [-0.3, -0.25) is 4.57 Å². The summed E-state index contributed by atoms with van der Waals surface area (Å²) in [7, 11) is 0.247. The van der Waals surface area contributed by atoms with Gasteiger partial charge in [0.2, 0.25) is 0 Å². The van der Waals surface area contributed by atoms with E-state index in [0.29, 0.717) is 11.0 Å². The summed E-state index contributed by atoms with van der Waals surface area (Å²) in [5, 5.41) is 10.6. The largest absolute Gasteiger partial charge is 0.506 e. The van der Waals surface area contributed by atoms with Crippen LogP contribution in [0.15, 0.2) is 22.8 Å². The lowest BCUT2D eigenvalue weighted by Crippen LogP contribution is -2.12. The molecule has 0 bridgehead atoms. The molecule has 1 aromatic carbocycles. The van der Waals surface area contributed by atoms with Crippen molar-refractivity contribution in [3.63, 3.8) is 0 Å². The van der Waals surface area contributed by atoms with E-state index in [9.17, 15) is 9.67 Å². The molecule has 98 valence electrons. The van der Waals surface area contributed by atoms with Gasteiger partial charge in [-0.15, -0.1) is 0 Å². The van der Waals surface area contributed by atoms with E-state index >= 15 is 0 Å². The fourth-order valence-electron chi connectivity index (χ4n) is 1.74. The molecule has 0 spiro atoms. The van der Waals surface area contributed by atoms with E-state index < -0.39 is 7.60 Å². The molecule has 0 atom stereocenters. The van der Waals surface area contributed by atoms with Gasteiger partial charge < -0.3 is 23.3 Å². The van der Waals surface area contributed by atoms with E-state index in [4.69, 9.17) is 18.2 Å². The molecule has 1 heterocycles. The molecule has 0 aliphatic rings. The Balaban J connectivity index is 2.82. The van der Waals surface area contributed by atoms with Crippen LogP contribution < -0.4 is 10.0 Å². The van der Waals surface area contributed by atoms with Crippen LogP contribution in [0.1, 0.15) is 0 Å². The molecular formula is C11H13O6P. The molecule has 6 nitrogen and oxygen atoms in total. The molecule has 1 N–H and O–H groups in total. The van der Waals surface area contributed by atoms with Gasteiger partial charge in [-0.25, -0.2) is 0 Å². The second-order valence-corrected chi connectivity index (χ2v) is 5.64. The average Bonchev–Trinajstić information content (AvgIpc) is 2.86. The number of furan rings is 1. The summed E-state index contributed by atoms with van der Waals surface area (Å²) in [5.41, 5.74) is 0.423. The third kappa shape index (κ3) is 1.79. The SMILES string of the molecule is COc1cc2occc2c(O)c1P(=O)(OC)OC. The summed E-state index contributed by atoms with van der Waals surface area (Å²) in [5.74, 6) is -0.0490. The molecule has 2 rings (SSSR count). The number of rotatable bonds is 4. The Bertz CT molecular complexity index is 609. The lowest BCUT2D eigenvalue weighted by molar-refractivity contribution is 0.285. The summed E-state index contributed by atoms with van der Waals surface area (Å²) in [6.07, 6.45) is 1.41. The van der Waals surface area contributed by atoms with Crippen LogP contribution in [0.25, 0.3) is 11.0 Å². The maximum absolute atomic E-state index is 12.4. The minimum absolute atomic E-state index is 0.0103. The van der Waals surface area contributed by atoms with Crippen molar-refractivity contribution in [1.82, 2.24) is 0 Å². The minimum Gasteiger partial charge on any atom is -0.506 e. The Hall–Kier alpha value is -1.49. The number of fused-ring (bicyclic) bond motifs is 1. The predicted octanol–water partition coefficient (Wildman–Crippen LogP) is 2.26. The number of hydrogen-bond acceptors (Lipinski definition) is 6. The number of hydrogen-bond donors (Lipinski definition) is 1. The smallest absolute Gasteiger partial charge is 0.368 e. The second-order valence-electron chi connectivity index (χ2n) is 3.47. The Kier molecular flexibility index (Phi) is 3.34. The van der Waals surface area contributed by atoms with Crippen molar-refractivity contribution in [2.24, 2.45) is 0 Å². The molecule has 0 saturated carbocycles. The highest BCUT2D eigenvalue weighted by Gasteiger charge is 2.34. The maximum atomic E-state index is 12.4. The quantitative estimate of drug-likeness (QED) is 0.860. The van der Waals surface area contributed by atoms with Crippen LogP contribution in [0.4, 0.5) is 0 Å². The Morgan fingerprint density at radius 3 is 2.50 bits per heavy atom. The zero-order valence-corrected chi connectivity index (χ0v) is 11.1. The molecule has 2 aromatic rings. The number of aromatic hydroxyl groups is 1. The molecule has 0 aliphatic carbocycles. The van der Waals surface area contributed by atoms with Gasteiger partial charge in [-0.2, -0.15) is 0 Å². The topological polar surface area (TPSA) is 78.1 Å². The lowest BCUT2D eigenvalue weighted by Gasteiger charge is -2.18. The van der Waals surface area contributed by atoms with Gasteiger partial charge in [0.15, 0.2) is 0 Å². The molecule has 1 aromatic heterocycles. The summed E-state index contributed by atoms with van der Waals surface area (Å²) < 4.78 is 32.4. The number of phenols is 1. The maximum Gasteiger partial charge on any atom is 0.368 e. The fraction of sp³-hybridized carbons (Fsp3) is 0.273. The molecule has 18 heavy (non-hydrogen) atoms. The van der Waals surface area contributed by atoms with Crippen molar-refractivity contribution in [1.29, 1.82) is 0 Å². The zero-order valence-electron chi connectivity index (χ0n) is 10.2. The van der Waals surface area contributed by atoms with Crippen LogP contribution >= 0.6 is 7.60 Å². The van der Waals surface area contributed by atoms with Crippen molar-refractivity contribution in [3.8, 4) is 11.5 Å². The van der Waals surface area contributed by atoms with E-state index in [0.717, 1.165) is 0 Å². The van der Waals surface area contributed by atoms with E-state index in [1.54, 1.807) is 6.07 Å². The minimum atomic E-state index is -3.62. The van der Waals surface area contributed by atoms with E-state index in [2.05, 4.69) is 0 Å². The highest BCUT2D eigenvalue weighted by Crippen LogP contribution is 2.51. The normalized spacial score (nSPS) is 11.9. The molecule has 0 amide bonds. The van der Waals surface area contributed by atoms with Crippen molar-refractivity contribution < 1.29 is 27.9 Å². The molecule has 0 unspecified atom stereocenters. The van der Waals surface area contributed by atoms with Gasteiger partial charge in [0.25, 0.3) is 0 Å². The Morgan fingerprint density at radius 1 is 1.28 bits per heavy atom. The van der Waals surface area contributed by atoms with Crippen molar-refractivity contribution in [3.05, 3.63) is 18.4 Å². The number of ether oxygens (including phenoxy) is 1. The number of methoxy groups -OCH3 is 1. The predicted molar refractivity (Wildman–Crippen MR) is 65.7 cm³/mol. The number of phenolic OH excluding ortho intramolecular Hbond substituents is 1. The van der Waals surface area contributed by atoms with Crippen LogP contribution in [-0.4, -0.2) is 26.4 Å². The Morgan fingerprint density at radius 2 is 1.94 bits per heavy atom. The third-order valence-electron chi connectivity index (χ3n) is 2.64. The van der Waals surface area contributed by atoms with Crippen molar-refractivity contribution in [2.45, 2.75) is 0 Å². The highest BCUT2D eigenvalue weighted by molar-refractivity contribution is 7.62. The molecule has 7 heteroatoms. The fourth-order valence-corrected chi connectivity index (χ4v) is 3.06. The average molecular weight is 272 g/mol. The van der Waals surface area contributed by atoms with Crippen LogP contribution in [0, 0.1) is 0 Å². The highest BCUT2D eigenvalue weighted by atomic mass is 31.2. The first-order valence-corrected chi connectivity index (χ1v) is 6.61. The van der Waals surface area contributed by atoms with Crippen LogP contribution in [0.5, 0.6) is 11.5 Å². The number of benzene rings is 1. The van der Waals surface area contributed by atoms with Gasteiger partial charge in [-0.05, 0) is 6.07 Å². The molecular weight excluding hydrogens is 259 g/mol. The van der Waals surface area contributed by atoms with Crippen molar-refractivity contribution >= 4 is 23.9 Å². The van der Waals surface area contributed by atoms with Gasteiger partial charge >= 0.3 is 7.60 Å². The van der Waals surface area contributed by atoms with Crippen LogP contribution in [0.2, 0.25) is 0 Å². The molecule has 0 aliphatic heterocycles. The van der Waals surface area contributed by atoms with E-state index in [1.807, 2.05) is 0 Å². The Labute approximate surface area is 104 Å². The van der Waals surface area contributed by atoms with E-state index in [1.165, 1.54) is 33.7 Å². The monoisotopic (exact) mass is 272 g/mol. The van der Waals surface area contributed by atoms with E-state index in [-0.39, 0.29) is 16.8 Å². The second kappa shape index (κ2) is 4.65. The molecule has 0 radical (unpaired) electrons. The standard InChI is InChI=1S/C11H13O6P/c1-14-9-6-8-7(4-5-17-8)10(12)11(9)18(13,15-2)16-3/h4-6,12H,1-3H3. The summed E-state index contributed by atoms with van der Waals surface area (Å²) in [6, 6.07) is 3.08. The van der Waals surface area contributed by atoms with Crippen LogP contribution in [-0.2, 0) is 13.6 Å². The van der Waals surface area contributed by atoms with Crippen molar-refractivity contribution in [2.75, 3.05) is 21.3 Å².